The summed E-state index contributed by atoms with van der Waals surface area (Å²) in [6.45, 7) is 2.77. The van der Waals surface area contributed by atoms with Crippen LogP contribution in [0.5, 0.6) is 0 Å². The molecule has 0 atom stereocenters. The molecule has 21 heavy (non-hydrogen) atoms. The largest absolute Gasteiger partial charge is 0.347 e. The summed E-state index contributed by atoms with van der Waals surface area (Å²) in [6, 6.07) is 11.0. The normalized spacial score (nSPS) is 11.0. The third kappa shape index (κ3) is 2.27. The number of nitrogens with zero attached hydrogens (tertiary/aromatic N) is 2. The van der Waals surface area contributed by atoms with Gasteiger partial charge in [0, 0.05) is 41.3 Å². The van der Waals surface area contributed by atoms with Gasteiger partial charge >= 0.3 is 0 Å². The van der Waals surface area contributed by atoms with Crippen molar-refractivity contribution in [3.63, 3.8) is 0 Å². The van der Waals surface area contributed by atoms with Crippen LogP contribution in [0.3, 0.4) is 0 Å². The Balaban J connectivity index is 2.27. The van der Waals surface area contributed by atoms with Crippen molar-refractivity contribution in [2.45, 2.75) is 13.5 Å². The fraction of sp³-hybridized carbons (Fsp3) is 0.125. The first-order valence-corrected chi connectivity index (χ1v) is 6.63. The van der Waals surface area contributed by atoms with Crippen LogP contribution in [0, 0.1) is 15.9 Å². The molecule has 0 aliphatic heterocycles. The molecule has 0 saturated carbocycles. The highest BCUT2D eigenvalue weighted by Crippen LogP contribution is 2.33. The van der Waals surface area contributed by atoms with Crippen LogP contribution in [-0.4, -0.2) is 9.49 Å². The highest BCUT2D eigenvalue weighted by Gasteiger charge is 2.14. The number of non-ortho nitro benzene ring substituents is 1. The molecule has 0 aliphatic rings. The lowest BCUT2D eigenvalue weighted by atomic mass is 10.0. The predicted octanol–water partition coefficient (Wildman–Crippen LogP) is 4.38. The Morgan fingerprint density at radius 1 is 1.19 bits per heavy atom. The summed E-state index contributed by atoms with van der Waals surface area (Å²) in [6.07, 6.45) is 1.95. The molecule has 3 rings (SSSR count). The fourth-order valence-electron chi connectivity index (χ4n) is 2.52. The molecule has 0 unspecified atom stereocenters. The summed E-state index contributed by atoms with van der Waals surface area (Å²) in [5, 5.41) is 11.8. The van der Waals surface area contributed by atoms with E-state index in [0.29, 0.717) is 0 Å². The number of benzene rings is 2. The minimum absolute atomic E-state index is 0.0553. The van der Waals surface area contributed by atoms with E-state index in [1.54, 1.807) is 24.3 Å². The van der Waals surface area contributed by atoms with Crippen molar-refractivity contribution >= 4 is 16.6 Å². The summed E-state index contributed by atoms with van der Waals surface area (Å²) >= 11 is 0. The van der Waals surface area contributed by atoms with Crippen LogP contribution in [0.15, 0.2) is 48.7 Å². The smallest absolute Gasteiger partial charge is 0.270 e. The first-order chi connectivity index (χ1) is 10.1. The van der Waals surface area contributed by atoms with E-state index in [2.05, 4.69) is 0 Å². The van der Waals surface area contributed by atoms with Crippen LogP contribution in [0.1, 0.15) is 6.92 Å². The molecule has 3 aromatic rings. The van der Waals surface area contributed by atoms with Gasteiger partial charge < -0.3 is 4.57 Å². The molecule has 0 spiro atoms. The molecule has 0 aliphatic carbocycles. The molecule has 0 N–H and O–H groups in total. The molecule has 0 saturated heterocycles. The van der Waals surface area contributed by atoms with Gasteiger partial charge in [0.1, 0.15) is 5.82 Å². The van der Waals surface area contributed by atoms with Gasteiger partial charge in [-0.2, -0.15) is 0 Å². The molecule has 5 heteroatoms. The number of halogens is 1. The van der Waals surface area contributed by atoms with Gasteiger partial charge in [-0.15, -0.1) is 0 Å². The van der Waals surface area contributed by atoms with Crippen molar-refractivity contribution in [3.8, 4) is 11.1 Å². The topological polar surface area (TPSA) is 48.1 Å². The number of fused-ring (bicyclic) bond motifs is 1. The predicted molar refractivity (Wildman–Crippen MR) is 79.7 cm³/mol. The molecule has 0 radical (unpaired) electrons. The average Bonchev–Trinajstić information content (AvgIpc) is 2.86. The zero-order valence-corrected chi connectivity index (χ0v) is 11.4. The number of hydrogen-bond donors (Lipinski definition) is 0. The lowest BCUT2D eigenvalue weighted by Crippen LogP contribution is -1.91. The molecule has 0 fully saturated rings. The van der Waals surface area contributed by atoms with Crippen LogP contribution >= 0.6 is 0 Å². The van der Waals surface area contributed by atoms with Crippen LogP contribution in [-0.2, 0) is 6.54 Å². The first-order valence-electron chi connectivity index (χ1n) is 6.63. The summed E-state index contributed by atoms with van der Waals surface area (Å²) in [5.74, 6) is -0.302. The zero-order valence-electron chi connectivity index (χ0n) is 11.4. The highest BCUT2D eigenvalue weighted by molar-refractivity contribution is 5.97. The molecule has 2 aromatic carbocycles. The van der Waals surface area contributed by atoms with Crippen LogP contribution in [0.25, 0.3) is 22.0 Å². The summed E-state index contributed by atoms with van der Waals surface area (Å²) < 4.78 is 15.1. The monoisotopic (exact) mass is 284 g/mol. The molecule has 4 nitrogen and oxygen atoms in total. The maximum atomic E-state index is 13.1. The number of hydrogen-bond acceptors (Lipinski definition) is 2. The van der Waals surface area contributed by atoms with Crippen LogP contribution in [0.4, 0.5) is 10.1 Å². The van der Waals surface area contributed by atoms with E-state index in [0.717, 1.165) is 28.6 Å². The number of aromatic nitrogens is 1. The standard InChI is InChI=1S/C16H13FN2O2/c1-2-18-10-15(11-3-5-12(17)6-4-11)14-9-13(19(20)21)7-8-16(14)18/h3-10H,2H2,1H3. The molecule has 0 bridgehead atoms. The Labute approximate surface area is 120 Å². The van der Waals surface area contributed by atoms with E-state index >= 15 is 0 Å². The van der Waals surface area contributed by atoms with E-state index in [1.807, 2.05) is 17.7 Å². The van der Waals surface area contributed by atoms with Crippen molar-refractivity contribution in [1.82, 2.24) is 4.57 Å². The van der Waals surface area contributed by atoms with Gasteiger partial charge in [0.25, 0.3) is 5.69 Å². The Kier molecular flexibility index (Phi) is 3.17. The van der Waals surface area contributed by atoms with E-state index in [-0.39, 0.29) is 11.5 Å². The first kappa shape index (κ1) is 13.3. The summed E-state index contributed by atoms with van der Waals surface area (Å²) in [5.41, 5.74) is 2.70. The van der Waals surface area contributed by atoms with E-state index < -0.39 is 4.92 Å². The zero-order chi connectivity index (χ0) is 15.0. The maximum Gasteiger partial charge on any atom is 0.270 e. The summed E-state index contributed by atoms with van der Waals surface area (Å²) in [7, 11) is 0. The lowest BCUT2D eigenvalue weighted by molar-refractivity contribution is -0.384. The van der Waals surface area contributed by atoms with Gasteiger partial charge in [-0.1, -0.05) is 12.1 Å². The molecule has 1 aromatic heterocycles. The van der Waals surface area contributed by atoms with Gasteiger partial charge in [-0.25, -0.2) is 4.39 Å². The molecule has 106 valence electrons. The van der Waals surface area contributed by atoms with Gasteiger partial charge in [-0.05, 0) is 30.7 Å². The fourth-order valence-corrected chi connectivity index (χ4v) is 2.52. The van der Waals surface area contributed by atoms with Crippen molar-refractivity contribution in [2.24, 2.45) is 0 Å². The minimum atomic E-state index is -0.406. The molecule has 0 amide bonds. The third-order valence-electron chi connectivity index (χ3n) is 3.57. The lowest BCUT2D eigenvalue weighted by Gasteiger charge is -2.00. The molecule has 1 heterocycles. The van der Waals surface area contributed by atoms with Crippen molar-refractivity contribution < 1.29 is 9.31 Å². The van der Waals surface area contributed by atoms with Crippen LogP contribution < -0.4 is 0 Å². The maximum absolute atomic E-state index is 13.1. The Morgan fingerprint density at radius 2 is 1.90 bits per heavy atom. The number of nitro benzene ring substituents is 1. The second kappa shape index (κ2) is 5.01. The summed E-state index contributed by atoms with van der Waals surface area (Å²) in [4.78, 5) is 10.6. The van der Waals surface area contributed by atoms with Gasteiger partial charge in [-0.3, -0.25) is 10.1 Å². The minimum Gasteiger partial charge on any atom is -0.347 e. The number of aryl methyl sites for hydroxylation is 1. The van der Waals surface area contributed by atoms with E-state index in [4.69, 9.17) is 0 Å². The van der Waals surface area contributed by atoms with Crippen molar-refractivity contribution in [1.29, 1.82) is 0 Å². The second-order valence-electron chi connectivity index (χ2n) is 4.79. The molecular weight excluding hydrogens is 271 g/mol. The SMILES string of the molecule is CCn1cc(-c2ccc(F)cc2)c2cc([N+](=O)[O-])ccc21. The third-order valence-corrected chi connectivity index (χ3v) is 3.57. The quantitative estimate of drug-likeness (QED) is 0.529. The number of rotatable bonds is 3. The van der Waals surface area contributed by atoms with Crippen molar-refractivity contribution in [3.05, 3.63) is 64.6 Å². The number of nitro groups is 1. The Bertz CT molecular complexity index is 822. The van der Waals surface area contributed by atoms with E-state index in [9.17, 15) is 14.5 Å². The average molecular weight is 284 g/mol. The van der Waals surface area contributed by atoms with Gasteiger partial charge in [0.2, 0.25) is 0 Å². The van der Waals surface area contributed by atoms with Gasteiger partial charge in [0.15, 0.2) is 0 Å². The molecular formula is C16H13FN2O2. The van der Waals surface area contributed by atoms with E-state index in [1.165, 1.54) is 18.2 Å². The van der Waals surface area contributed by atoms with Gasteiger partial charge in [0.05, 0.1) is 4.92 Å². The highest BCUT2D eigenvalue weighted by atomic mass is 19.1. The van der Waals surface area contributed by atoms with Crippen molar-refractivity contribution in [2.75, 3.05) is 0 Å². The Hall–Kier alpha value is -2.69. The second-order valence-corrected chi connectivity index (χ2v) is 4.79. The Morgan fingerprint density at radius 3 is 2.52 bits per heavy atom. The van der Waals surface area contributed by atoms with Crippen LogP contribution in [0.2, 0.25) is 0 Å².